The summed E-state index contributed by atoms with van der Waals surface area (Å²) >= 11 is 0. The number of nitrogens with zero attached hydrogens (tertiary/aromatic N) is 3. The van der Waals surface area contributed by atoms with E-state index >= 15 is 0 Å². The molecule has 2 aliphatic rings. The molecule has 0 bridgehead atoms. The van der Waals surface area contributed by atoms with E-state index in [2.05, 4.69) is 4.90 Å². The minimum absolute atomic E-state index is 0.0652. The molecular weight excluding hydrogens is 454 g/mol. The van der Waals surface area contributed by atoms with Gasteiger partial charge in [-0.2, -0.15) is 4.31 Å². The summed E-state index contributed by atoms with van der Waals surface area (Å²) < 4.78 is 39.2. The SMILES string of the molecule is COc1ccccc1N1CCN(C(=O)c2ccc(OC)c(S(=O)(=O)N3CCCCCC3)c2)CC1. The van der Waals surface area contributed by atoms with Crippen LogP contribution in [-0.4, -0.2) is 77.0 Å². The maximum atomic E-state index is 13.4. The van der Waals surface area contributed by atoms with Gasteiger partial charge in [-0.3, -0.25) is 4.79 Å². The second-order valence-corrected chi connectivity index (χ2v) is 10.5. The van der Waals surface area contributed by atoms with Crippen molar-refractivity contribution in [2.45, 2.75) is 30.6 Å². The summed E-state index contributed by atoms with van der Waals surface area (Å²) in [4.78, 5) is 17.3. The molecule has 2 aromatic rings. The predicted octanol–water partition coefficient (Wildman–Crippen LogP) is 3.23. The Kier molecular flexibility index (Phi) is 7.63. The number of para-hydroxylation sites is 2. The molecule has 4 rings (SSSR count). The Balaban J connectivity index is 1.52. The summed E-state index contributed by atoms with van der Waals surface area (Å²) in [5.41, 5.74) is 1.37. The van der Waals surface area contributed by atoms with Crippen LogP contribution in [-0.2, 0) is 10.0 Å². The van der Waals surface area contributed by atoms with Crippen LogP contribution in [0.4, 0.5) is 5.69 Å². The Bertz CT molecular complexity index is 1110. The molecule has 0 radical (unpaired) electrons. The van der Waals surface area contributed by atoms with Crippen LogP contribution in [0, 0.1) is 0 Å². The van der Waals surface area contributed by atoms with Crippen molar-refractivity contribution in [1.82, 2.24) is 9.21 Å². The molecule has 184 valence electrons. The van der Waals surface area contributed by atoms with Crippen LogP contribution in [0.5, 0.6) is 11.5 Å². The minimum Gasteiger partial charge on any atom is -0.495 e. The third-order valence-electron chi connectivity index (χ3n) is 6.59. The van der Waals surface area contributed by atoms with Gasteiger partial charge < -0.3 is 19.3 Å². The van der Waals surface area contributed by atoms with Crippen LogP contribution in [0.3, 0.4) is 0 Å². The van der Waals surface area contributed by atoms with Gasteiger partial charge in [-0.25, -0.2) is 8.42 Å². The first-order valence-corrected chi connectivity index (χ1v) is 13.2. The highest BCUT2D eigenvalue weighted by atomic mass is 32.2. The summed E-state index contributed by atoms with van der Waals surface area (Å²) in [5, 5.41) is 0. The molecule has 2 aromatic carbocycles. The number of anilines is 1. The van der Waals surface area contributed by atoms with Crippen LogP contribution in [0.25, 0.3) is 0 Å². The molecule has 9 heteroatoms. The molecule has 34 heavy (non-hydrogen) atoms. The highest BCUT2D eigenvalue weighted by molar-refractivity contribution is 7.89. The summed E-state index contributed by atoms with van der Waals surface area (Å²) in [6.07, 6.45) is 3.75. The van der Waals surface area contributed by atoms with E-state index < -0.39 is 10.0 Å². The zero-order valence-electron chi connectivity index (χ0n) is 19.9. The van der Waals surface area contributed by atoms with Crippen molar-refractivity contribution in [3.8, 4) is 11.5 Å². The fourth-order valence-electron chi connectivity index (χ4n) is 4.66. The summed E-state index contributed by atoms with van der Waals surface area (Å²) in [5.74, 6) is 0.900. The number of hydrogen-bond acceptors (Lipinski definition) is 6. The molecule has 2 heterocycles. The number of ether oxygens (including phenoxy) is 2. The number of piperazine rings is 1. The largest absolute Gasteiger partial charge is 0.495 e. The lowest BCUT2D eigenvalue weighted by Gasteiger charge is -2.36. The fourth-order valence-corrected chi connectivity index (χ4v) is 6.36. The molecule has 0 unspecified atom stereocenters. The molecule has 0 saturated carbocycles. The van der Waals surface area contributed by atoms with Gasteiger partial charge >= 0.3 is 0 Å². The smallest absolute Gasteiger partial charge is 0.254 e. The van der Waals surface area contributed by atoms with E-state index in [1.54, 1.807) is 24.1 Å². The van der Waals surface area contributed by atoms with E-state index in [1.165, 1.54) is 17.5 Å². The molecule has 2 aliphatic heterocycles. The van der Waals surface area contributed by atoms with Gasteiger partial charge in [-0.05, 0) is 43.2 Å². The number of sulfonamides is 1. The van der Waals surface area contributed by atoms with Crippen molar-refractivity contribution in [1.29, 1.82) is 0 Å². The van der Waals surface area contributed by atoms with Gasteiger partial charge in [0.05, 0.1) is 19.9 Å². The molecule has 0 atom stereocenters. The molecule has 1 amide bonds. The average Bonchev–Trinajstić information content (AvgIpc) is 3.18. The van der Waals surface area contributed by atoms with E-state index in [1.807, 2.05) is 24.3 Å². The van der Waals surface area contributed by atoms with Gasteiger partial charge in [0.15, 0.2) is 0 Å². The Morgan fingerprint density at radius 3 is 2.09 bits per heavy atom. The number of carbonyl (C=O) groups excluding carboxylic acids is 1. The molecule has 0 aliphatic carbocycles. The normalized spacial score (nSPS) is 17.8. The Labute approximate surface area is 202 Å². The molecule has 2 saturated heterocycles. The highest BCUT2D eigenvalue weighted by Gasteiger charge is 2.30. The van der Waals surface area contributed by atoms with Crippen LogP contribution < -0.4 is 14.4 Å². The monoisotopic (exact) mass is 487 g/mol. The van der Waals surface area contributed by atoms with Gasteiger partial charge in [0.2, 0.25) is 10.0 Å². The van der Waals surface area contributed by atoms with Gasteiger partial charge in [0, 0.05) is 44.8 Å². The van der Waals surface area contributed by atoms with Crippen molar-refractivity contribution >= 4 is 21.6 Å². The lowest BCUT2D eigenvalue weighted by Crippen LogP contribution is -2.48. The highest BCUT2D eigenvalue weighted by Crippen LogP contribution is 2.31. The zero-order chi connectivity index (χ0) is 24.1. The maximum absolute atomic E-state index is 13.4. The standard InChI is InChI=1S/C25H33N3O5S/c1-32-22-10-6-5-9-21(22)26-15-17-27(18-16-26)25(29)20-11-12-23(33-2)24(19-20)34(30,31)28-13-7-3-4-8-14-28/h5-6,9-12,19H,3-4,7-8,13-18H2,1-2H3. The predicted molar refractivity (Wildman–Crippen MR) is 131 cm³/mol. The zero-order valence-corrected chi connectivity index (χ0v) is 20.7. The third-order valence-corrected chi connectivity index (χ3v) is 8.51. The Morgan fingerprint density at radius 1 is 0.794 bits per heavy atom. The second-order valence-electron chi connectivity index (χ2n) is 8.64. The average molecular weight is 488 g/mol. The number of benzene rings is 2. The first-order chi connectivity index (χ1) is 16.5. The van der Waals surface area contributed by atoms with Crippen molar-refractivity contribution in [3.05, 3.63) is 48.0 Å². The Hall–Kier alpha value is -2.78. The van der Waals surface area contributed by atoms with Gasteiger partial charge in [0.1, 0.15) is 16.4 Å². The van der Waals surface area contributed by atoms with Crippen LogP contribution in [0.2, 0.25) is 0 Å². The quantitative estimate of drug-likeness (QED) is 0.623. The van der Waals surface area contributed by atoms with Crippen molar-refractivity contribution in [2.24, 2.45) is 0 Å². The first-order valence-electron chi connectivity index (χ1n) is 11.8. The third kappa shape index (κ3) is 5.00. The number of methoxy groups -OCH3 is 2. The lowest BCUT2D eigenvalue weighted by molar-refractivity contribution is 0.0746. The Morgan fingerprint density at radius 2 is 1.44 bits per heavy atom. The number of rotatable bonds is 6. The van der Waals surface area contributed by atoms with E-state index in [0.717, 1.165) is 37.1 Å². The van der Waals surface area contributed by atoms with E-state index in [-0.39, 0.29) is 16.6 Å². The van der Waals surface area contributed by atoms with Gasteiger partial charge in [-0.1, -0.05) is 25.0 Å². The maximum Gasteiger partial charge on any atom is 0.254 e. The van der Waals surface area contributed by atoms with Crippen LogP contribution in [0.1, 0.15) is 36.0 Å². The fraction of sp³-hybridized carbons (Fsp3) is 0.480. The van der Waals surface area contributed by atoms with E-state index in [9.17, 15) is 13.2 Å². The van der Waals surface area contributed by atoms with Gasteiger partial charge in [-0.15, -0.1) is 0 Å². The van der Waals surface area contributed by atoms with E-state index in [0.29, 0.717) is 44.8 Å². The molecule has 0 aromatic heterocycles. The molecule has 2 fully saturated rings. The summed E-state index contributed by atoms with van der Waals surface area (Å²) in [6, 6.07) is 12.6. The lowest BCUT2D eigenvalue weighted by atomic mass is 10.1. The summed E-state index contributed by atoms with van der Waals surface area (Å²) in [6.45, 7) is 3.40. The summed E-state index contributed by atoms with van der Waals surface area (Å²) in [7, 11) is -0.646. The topological polar surface area (TPSA) is 79.4 Å². The first kappa shape index (κ1) is 24.3. The minimum atomic E-state index is -3.75. The van der Waals surface area contributed by atoms with Crippen LogP contribution >= 0.6 is 0 Å². The number of carbonyl (C=O) groups is 1. The number of hydrogen-bond donors (Lipinski definition) is 0. The molecule has 8 nitrogen and oxygen atoms in total. The van der Waals surface area contributed by atoms with Gasteiger partial charge in [0.25, 0.3) is 5.91 Å². The molecular formula is C25H33N3O5S. The molecule has 0 spiro atoms. The van der Waals surface area contributed by atoms with E-state index in [4.69, 9.17) is 9.47 Å². The second kappa shape index (κ2) is 10.7. The van der Waals surface area contributed by atoms with Crippen molar-refractivity contribution in [3.63, 3.8) is 0 Å². The van der Waals surface area contributed by atoms with Crippen LogP contribution in [0.15, 0.2) is 47.4 Å². The van der Waals surface area contributed by atoms with Crippen molar-refractivity contribution < 1.29 is 22.7 Å². The number of amides is 1. The molecule has 0 N–H and O–H groups in total. The van der Waals surface area contributed by atoms with Crippen molar-refractivity contribution in [2.75, 3.05) is 58.4 Å².